The molecule has 156 valence electrons. The number of nitrogens with zero attached hydrogens (tertiary/aromatic N) is 2. The summed E-state index contributed by atoms with van der Waals surface area (Å²) in [5.41, 5.74) is 3.07. The standard InChI is InChI=1S/C23H20N4O4/c1-2-21(28)27-9-10-31-20-6-5-16(13-18(20)27)25-22(29)15-4-3-14-11-19-23(30)24-7-8-26(19)17(14)12-15/h2-6,11-13H,1,7-10H2,(H,24,30)(H,25,29). The number of benzene rings is 2. The minimum Gasteiger partial charge on any atom is -0.490 e. The van der Waals surface area contributed by atoms with Crippen LogP contribution >= 0.6 is 0 Å². The molecular formula is C23H20N4O4. The molecule has 0 saturated heterocycles. The van der Waals surface area contributed by atoms with Crippen molar-refractivity contribution in [1.82, 2.24) is 9.88 Å². The predicted molar refractivity (Wildman–Crippen MR) is 117 cm³/mol. The Hall–Kier alpha value is -4.07. The summed E-state index contributed by atoms with van der Waals surface area (Å²) in [5.74, 6) is -0.0289. The number of amides is 3. The normalized spacial score (nSPS) is 14.8. The first-order valence-corrected chi connectivity index (χ1v) is 9.99. The van der Waals surface area contributed by atoms with Gasteiger partial charge in [0.1, 0.15) is 18.1 Å². The summed E-state index contributed by atoms with van der Waals surface area (Å²) in [6.07, 6.45) is 1.26. The number of carbonyl (C=O) groups is 3. The molecule has 5 rings (SSSR count). The first-order chi connectivity index (χ1) is 15.0. The molecule has 3 heterocycles. The minimum atomic E-state index is -0.281. The quantitative estimate of drug-likeness (QED) is 0.642. The zero-order valence-electron chi connectivity index (χ0n) is 16.7. The highest BCUT2D eigenvalue weighted by molar-refractivity contribution is 6.08. The number of ether oxygens (including phenoxy) is 1. The lowest BCUT2D eigenvalue weighted by Gasteiger charge is -2.29. The van der Waals surface area contributed by atoms with E-state index in [1.54, 1.807) is 35.2 Å². The first-order valence-electron chi connectivity index (χ1n) is 9.99. The van der Waals surface area contributed by atoms with E-state index in [4.69, 9.17) is 4.74 Å². The van der Waals surface area contributed by atoms with Gasteiger partial charge in [-0.15, -0.1) is 0 Å². The summed E-state index contributed by atoms with van der Waals surface area (Å²) < 4.78 is 7.55. The van der Waals surface area contributed by atoms with Crippen LogP contribution in [0.3, 0.4) is 0 Å². The highest BCUT2D eigenvalue weighted by atomic mass is 16.5. The second-order valence-corrected chi connectivity index (χ2v) is 7.39. The van der Waals surface area contributed by atoms with Gasteiger partial charge in [-0.1, -0.05) is 12.6 Å². The number of anilines is 2. The summed E-state index contributed by atoms with van der Waals surface area (Å²) in [5, 5.41) is 6.62. The molecule has 0 saturated carbocycles. The van der Waals surface area contributed by atoms with Gasteiger partial charge in [0.15, 0.2) is 0 Å². The topological polar surface area (TPSA) is 92.7 Å². The summed E-state index contributed by atoms with van der Waals surface area (Å²) in [6.45, 7) is 5.58. The molecule has 0 radical (unpaired) electrons. The van der Waals surface area contributed by atoms with Crippen LogP contribution in [0.4, 0.5) is 11.4 Å². The van der Waals surface area contributed by atoms with Crippen molar-refractivity contribution in [2.75, 3.05) is 29.9 Å². The van der Waals surface area contributed by atoms with Crippen LogP contribution < -0.4 is 20.3 Å². The van der Waals surface area contributed by atoms with Crippen molar-refractivity contribution in [3.8, 4) is 5.75 Å². The number of fused-ring (bicyclic) bond motifs is 4. The molecule has 8 nitrogen and oxygen atoms in total. The van der Waals surface area contributed by atoms with Crippen LogP contribution in [0.1, 0.15) is 20.8 Å². The van der Waals surface area contributed by atoms with Crippen LogP contribution in [0.15, 0.2) is 55.1 Å². The maximum absolute atomic E-state index is 12.9. The smallest absolute Gasteiger partial charge is 0.268 e. The van der Waals surface area contributed by atoms with Gasteiger partial charge in [-0.2, -0.15) is 0 Å². The molecule has 8 heteroatoms. The van der Waals surface area contributed by atoms with Crippen molar-refractivity contribution < 1.29 is 19.1 Å². The van der Waals surface area contributed by atoms with Crippen LogP contribution in [-0.4, -0.2) is 42.0 Å². The van der Waals surface area contributed by atoms with Crippen molar-refractivity contribution in [2.45, 2.75) is 6.54 Å². The van der Waals surface area contributed by atoms with Gasteiger partial charge in [0.2, 0.25) is 0 Å². The maximum Gasteiger partial charge on any atom is 0.268 e. The third-order valence-corrected chi connectivity index (χ3v) is 5.54. The molecule has 0 bridgehead atoms. The molecule has 0 fully saturated rings. The van der Waals surface area contributed by atoms with Gasteiger partial charge in [-0.25, -0.2) is 0 Å². The van der Waals surface area contributed by atoms with Crippen molar-refractivity contribution >= 4 is 40.0 Å². The van der Waals surface area contributed by atoms with Gasteiger partial charge < -0.3 is 24.8 Å². The summed E-state index contributed by atoms with van der Waals surface area (Å²) in [6, 6.07) is 12.4. The Morgan fingerprint density at radius 1 is 1.13 bits per heavy atom. The Bertz CT molecular complexity index is 1260. The molecule has 1 aromatic heterocycles. The zero-order chi connectivity index (χ0) is 21.5. The van der Waals surface area contributed by atoms with E-state index < -0.39 is 0 Å². The number of hydrogen-bond acceptors (Lipinski definition) is 4. The van der Waals surface area contributed by atoms with Crippen LogP contribution in [0.5, 0.6) is 5.75 Å². The molecule has 2 aliphatic heterocycles. The van der Waals surface area contributed by atoms with E-state index in [1.807, 2.05) is 16.7 Å². The number of nitrogens with one attached hydrogen (secondary N) is 2. The Morgan fingerprint density at radius 2 is 2.00 bits per heavy atom. The first kappa shape index (κ1) is 18.9. The zero-order valence-corrected chi connectivity index (χ0v) is 16.7. The molecule has 2 aliphatic rings. The van der Waals surface area contributed by atoms with Crippen molar-refractivity contribution in [3.63, 3.8) is 0 Å². The number of aromatic nitrogens is 1. The van der Waals surface area contributed by atoms with E-state index in [1.165, 1.54) is 6.08 Å². The molecule has 2 N–H and O–H groups in total. The van der Waals surface area contributed by atoms with Crippen LogP contribution in [0.2, 0.25) is 0 Å². The van der Waals surface area contributed by atoms with E-state index >= 15 is 0 Å². The molecule has 3 amide bonds. The number of carbonyl (C=O) groups excluding carboxylic acids is 3. The minimum absolute atomic E-state index is 0.108. The van der Waals surface area contributed by atoms with Gasteiger partial charge in [0.05, 0.1) is 12.2 Å². The van der Waals surface area contributed by atoms with Gasteiger partial charge in [0, 0.05) is 35.2 Å². The monoisotopic (exact) mass is 416 g/mol. The fourth-order valence-corrected chi connectivity index (χ4v) is 4.03. The highest BCUT2D eigenvalue weighted by Crippen LogP contribution is 2.34. The van der Waals surface area contributed by atoms with Crippen LogP contribution in [0, 0.1) is 0 Å². The number of rotatable bonds is 3. The Labute approximate surface area is 178 Å². The molecule has 3 aromatic rings. The SMILES string of the molecule is C=CC(=O)N1CCOc2ccc(NC(=O)c3ccc4cc5n(c4c3)CCNC5=O)cc21. The molecule has 0 unspecified atom stereocenters. The van der Waals surface area contributed by atoms with Crippen molar-refractivity contribution in [1.29, 1.82) is 0 Å². The fraction of sp³-hybridized carbons (Fsp3) is 0.174. The predicted octanol–water partition coefficient (Wildman–Crippen LogP) is 2.55. The lowest BCUT2D eigenvalue weighted by atomic mass is 10.1. The third kappa shape index (κ3) is 3.22. The molecule has 0 atom stereocenters. The summed E-state index contributed by atoms with van der Waals surface area (Å²) >= 11 is 0. The second-order valence-electron chi connectivity index (χ2n) is 7.39. The lowest BCUT2D eigenvalue weighted by molar-refractivity contribution is -0.114. The van der Waals surface area contributed by atoms with E-state index in [-0.39, 0.29) is 17.7 Å². The molecule has 0 spiro atoms. The average molecular weight is 416 g/mol. The Kier molecular flexibility index (Phi) is 4.47. The van der Waals surface area contributed by atoms with E-state index in [0.717, 1.165) is 10.9 Å². The van der Waals surface area contributed by atoms with Crippen molar-refractivity contribution in [3.05, 3.63) is 66.4 Å². The average Bonchev–Trinajstić information content (AvgIpc) is 3.17. The summed E-state index contributed by atoms with van der Waals surface area (Å²) in [4.78, 5) is 38.7. The van der Waals surface area contributed by atoms with E-state index in [0.29, 0.717) is 54.6 Å². The Balaban J connectivity index is 1.44. The fourth-order valence-electron chi connectivity index (χ4n) is 4.03. The summed E-state index contributed by atoms with van der Waals surface area (Å²) in [7, 11) is 0. The molecular weight excluding hydrogens is 396 g/mol. The maximum atomic E-state index is 12.9. The molecule has 0 aliphatic carbocycles. The third-order valence-electron chi connectivity index (χ3n) is 5.54. The lowest BCUT2D eigenvalue weighted by Crippen LogP contribution is -2.36. The second kappa shape index (κ2) is 7.32. The number of hydrogen-bond donors (Lipinski definition) is 2. The Morgan fingerprint density at radius 3 is 2.84 bits per heavy atom. The van der Waals surface area contributed by atoms with Gasteiger partial charge in [-0.05, 0) is 42.5 Å². The van der Waals surface area contributed by atoms with Crippen LogP contribution in [0.25, 0.3) is 10.9 Å². The highest BCUT2D eigenvalue weighted by Gasteiger charge is 2.23. The van der Waals surface area contributed by atoms with Gasteiger partial charge >= 0.3 is 0 Å². The van der Waals surface area contributed by atoms with E-state index in [9.17, 15) is 14.4 Å². The molecule has 31 heavy (non-hydrogen) atoms. The van der Waals surface area contributed by atoms with Gasteiger partial charge in [0.25, 0.3) is 17.7 Å². The van der Waals surface area contributed by atoms with Crippen LogP contribution in [-0.2, 0) is 11.3 Å². The largest absolute Gasteiger partial charge is 0.490 e. The molecule has 2 aromatic carbocycles. The van der Waals surface area contributed by atoms with Crippen molar-refractivity contribution in [2.24, 2.45) is 0 Å². The van der Waals surface area contributed by atoms with Gasteiger partial charge in [-0.3, -0.25) is 14.4 Å². The van der Waals surface area contributed by atoms with E-state index in [2.05, 4.69) is 17.2 Å².